The van der Waals surface area contributed by atoms with Gasteiger partial charge in [-0.3, -0.25) is 0 Å². The van der Waals surface area contributed by atoms with Crippen LogP contribution in [-0.4, -0.2) is 0 Å². The van der Waals surface area contributed by atoms with Crippen LogP contribution in [0.4, 0.5) is 34.1 Å². The number of hydrogen-bond acceptors (Lipinski definition) is 2. The lowest BCUT2D eigenvalue weighted by Gasteiger charge is -2.42. The van der Waals surface area contributed by atoms with Crippen LogP contribution in [0.25, 0.3) is 65.7 Å². The fourth-order valence-corrected chi connectivity index (χ4v) is 11.9. The molecule has 2 heteroatoms. The van der Waals surface area contributed by atoms with Gasteiger partial charge in [-0.25, -0.2) is 0 Å². The standard InChI is InChI=1S/C66H50N2/c1-65(2)55-25-10-14-29-59(55)67(60-30-15-11-26-56(60)65)47-38-40-52-53(41-47)63(46-35-33-44(34-36-46)43-19-6-5-7-20-43)51-39-37-48(42-54(51)64(52)50-24-18-22-45-21-8-9-23-49(45)50)68-61-31-16-12-27-57(61)66(3,4)58-28-13-17-32-62(58)68/h5-42H,1-4H3. The highest BCUT2D eigenvalue weighted by molar-refractivity contribution is 6.24. The van der Waals surface area contributed by atoms with E-state index in [4.69, 9.17) is 0 Å². The Morgan fingerprint density at radius 2 is 0.676 bits per heavy atom. The number of para-hydroxylation sites is 4. The van der Waals surface area contributed by atoms with Crippen LogP contribution in [0.5, 0.6) is 0 Å². The first-order valence-electron chi connectivity index (χ1n) is 23.9. The van der Waals surface area contributed by atoms with Crippen LogP contribution >= 0.6 is 0 Å². The van der Waals surface area contributed by atoms with Crippen molar-refractivity contribution < 1.29 is 0 Å². The van der Waals surface area contributed by atoms with Gasteiger partial charge < -0.3 is 9.80 Å². The van der Waals surface area contributed by atoms with Crippen molar-refractivity contribution in [2.24, 2.45) is 0 Å². The monoisotopic (exact) mass is 870 g/mol. The second-order valence-electron chi connectivity index (χ2n) is 19.7. The fourth-order valence-electron chi connectivity index (χ4n) is 11.9. The maximum atomic E-state index is 2.50. The van der Waals surface area contributed by atoms with Gasteiger partial charge in [-0.05, 0) is 136 Å². The third-order valence-electron chi connectivity index (χ3n) is 15.2. The normalized spacial score (nSPS) is 14.4. The first-order valence-corrected chi connectivity index (χ1v) is 23.9. The molecule has 0 unspecified atom stereocenters. The molecule has 0 atom stereocenters. The van der Waals surface area contributed by atoms with Crippen LogP contribution < -0.4 is 9.80 Å². The Kier molecular flexibility index (Phi) is 8.95. The summed E-state index contributed by atoms with van der Waals surface area (Å²) in [6, 6.07) is 86.0. The average Bonchev–Trinajstić information content (AvgIpc) is 3.38. The van der Waals surface area contributed by atoms with Crippen molar-refractivity contribution in [2.45, 2.75) is 38.5 Å². The summed E-state index contributed by atoms with van der Waals surface area (Å²) in [5.41, 5.74) is 19.4. The van der Waals surface area contributed by atoms with Gasteiger partial charge in [-0.1, -0.05) is 210 Å². The van der Waals surface area contributed by atoms with Crippen molar-refractivity contribution in [3.63, 3.8) is 0 Å². The van der Waals surface area contributed by atoms with E-state index < -0.39 is 0 Å². The van der Waals surface area contributed by atoms with E-state index in [1.165, 1.54) is 111 Å². The Hall–Kier alpha value is -8.20. The highest BCUT2D eigenvalue weighted by Crippen LogP contribution is 2.56. The van der Waals surface area contributed by atoms with E-state index in [1.54, 1.807) is 0 Å². The van der Waals surface area contributed by atoms with Gasteiger partial charge in [0.2, 0.25) is 0 Å². The van der Waals surface area contributed by atoms with E-state index in [9.17, 15) is 0 Å². The summed E-state index contributed by atoms with van der Waals surface area (Å²) in [4.78, 5) is 4.99. The predicted molar refractivity (Wildman–Crippen MR) is 289 cm³/mol. The van der Waals surface area contributed by atoms with Crippen molar-refractivity contribution >= 4 is 66.4 Å². The van der Waals surface area contributed by atoms with Crippen molar-refractivity contribution in [1.29, 1.82) is 0 Å². The molecular formula is C66H50N2. The van der Waals surface area contributed by atoms with Gasteiger partial charge in [0.05, 0.1) is 22.7 Å². The molecule has 2 aliphatic rings. The lowest BCUT2D eigenvalue weighted by atomic mass is 9.73. The minimum absolute atomic E-state index is 0.160. The number of rotatable bonds is 5. The van der Waals surface area contributed by atoms with Gasteiger partial charge in [0, 0.05) is 22.2 Å². The summed E-state index contributed by atoms with van der Waals surface area (Å²) >= 11 is 0. The van der Waals surface area contributed by atoms with Crippen molar-refractivity contribution in [3.05, 3.63) is 253 Å². The molecule has 0 saturated heterocycles. The Labute approximate surface area is 399 Å². The summed E-state index contributed by atoms with van der Waals surface area (Å²) in [5, 5.41) is 7.34. The maximum Gasteiger partial charge on any atom is 0.0502 e. The largest absolute Gasteiger partial charge is 0.310 e. The van der Waals surface area contributed by atoms with E-state index >= 15 is 0 Å². The quantitative estimate of drug-likeness (QED) is 0.159. The van der Waals surface area contributed by atoms with Crippen molar-refractivity contribution in [3.8, 4) is 33.4 Å². The second kappa shape index (κ2) is 15.2. The molecule has 0 spiro atoms. The van der Waals surface area contributed by atoms with Gasteiger partial charge in [0.25, 0.3) is 0 Å². The molecule has 0 fully saturated rings. The molecule has 2 heterocycles. The minimum Gasteiger partial charge on any atom is -0.310 e. The molecule has 0 aromatic heterocycles. The van der Waals surface area contributed by atoms with Crippen LogP contribution in [0, 0.1) is 0 Å². The van der Waals surface area contributed by atoms with Gasteiger partial charge >= 0.3 is 0 Å². The smallest absolute Gasteiger partial charge is 0.0502 e. The first-order chi connectivity index (χ1) is 33.3. The Morgan fingerprint density at radius 1 is 0.279 bits per heavy atom. The summed E-state index contributed by atoms with van der Waals surface area (Å²) in [6.07, 6.45) is 0. The Morgan fingerprint density at radius 3 is 1.21 bits per heavy atom. The molecule has 0 radical (unpaired) electrons. The average molecular weight is 871 g/mol. The lowest BCUT2D eigenvalue weighted by molar-refractivity contribution is 0.632. The molecule has 11 aromatic carbocycles. The topological polar surface area (TPSA) is 6.48 Å². The van der Waals surface area contributed by atoms with E-state index in [-0.39, 0.29) is 10.8 Å². The van der Waals surface area contributed by atoms with E-state index in [2.05, 4.69) is 268 Å². The molecule has 0 saturated carbocycles. The maximum absolute atomic E-state index is 2.50. The van der Waals surface area contributed by atoms with Crippen molar-refractivity contribution in [1.82, 2.24) is 0 Å². The molecule has 324 valence electrons. The highest BCUT2D eigenvalue weighted by Gasteiger charge is 2.38. The number of fused-ring (bicyclic) bond motifs is 7. The SMILES string of the molecule is CC1(C)c2ccccc2N(c2ccc3c(-c4cccc5ccccc45)c4cc(N5c6ccccc6C(C)(C)c6ccccc65)ccc4c(-c4ccc(-c5ccccc5)cc4)c3c2)c2ccccc21. The highest BCUT2D eigenvalue weighted by atomic mass is 15.2. The minimum atomic E-state index is -0.160. The molecule has 11 aromatic rings. The van der Waals surface area contributed by atoms with Crippen LogP contribution in [0.15, 0.2) is 231 Å². The summed E-state index contributed by atoms with van der Waals surface area (Å²) in [7, 11) is 0. The van der Waals surface area contributed by atoms with Gasteiger partial charge in [0.15, 0.2) is 0 Å². The first kappa shape index (κ1) is 40.1. The third-order valence-corrected chi connectivity index (χ3v) is 15.2. The molecule has 0 amide bonds. The number of benzene rings is 11. The Balaban J connectivity index is 1.14. The van der Waals surface area contributed by atoms with E-state index in [1.807, 2.05) is 0 Å². The second-order valence-corrected chi connectivity index (χ2v) is 19.7. The van der Waals surface area contributed by atoms with Gasteiger partial charge in [0.1, 0.15) is 0 Å². The zero-order valence-corrected chi connectivity index (χ0v) is 38.8. The summed E-state index contributed by atoms with van der Waals surface area (Å²) in [6.45, 7) is 9.44. The molecule has 0 bridgehead atoms. The molecule has 13 rings (SSSR count). The van der Waals surface area contributed by atoms with E-state index in [0.717, 1.165) is 11.4 Å². The Bertz CT molecular complexity index is 3700. The number of hydrogen-bond donors (Lipinski definition) is 0. The van der Waals surface area contributed by atoms with E-state index in [0.29, 0.717) is 0 Å². The number of anilines is 6. The van der Waals surface area contributed by atoms with Crippen LogP contribution in [-0.2, 0) is 10.8 Å². The number of nitrogens with zero attached hydrogens (tertiary/aromatic N) is 2. The zero-order valence-electron chi connectivity index (χ0n) is 38.8. The van der Waals surface area contributed by atoms with Crippen molar-refractivity contribution in [2.75, 3.05) is 9.80 Å². The molecule has 2 nitrogen and oxygen atoms in total. The zero-order chi connectivity index (χ0) is 45.7. The fraction of sp³-hybridized carbons (Fsp3) is 0.0909. The molecular weight excluding hydrogens is 821 g/mol. The van der Waals surface area contributed by atoms with Crippen LogP contribution in [0.3, 0.4) is 0 Å². The lowest BCUT2D eigenvalue weighted by Crippen LogP contribution is -2.30. The summed E-state index contributed by atoms with van der Waals surface area (Å²) < 4.78 is 0. The third kappa shape index (κ3) is 5.97. The molecule has 0 aliphatic carbocycles. The summed E-state index contributed by atoms with van der Waals surface area (Å²) in [5.74, 6) is 0. The van der Waals surface area contributed by atoms with Gasteiger partial charge in [-0.2, -0.15) is 0 Å². The molecule has 68 heavy (non-hydrogen) atoms. The van der Waals surface area contributed by atoms with Crippen LogP contribution in [0.1, 0.15) is 49.9 Å². The molecule has 2 aliphatic heterocycles. The molecule has 0 N–H and O–H groups in total. The van der Waals surface area contributed by atoms with Gasteiger partial charge in [-0.15, -0.1) is 0 Å². The van der Waals surface area contributed by atoms with Crippen LogP contribution in [0.2, 0.25) is 0 Å². The predicted octanol–water partition coefficient (Wildman–Crippen LogP) is 18.4.